The molecule has 0 spiro atoms. The second-order valence-electron chi connectivity index (χ2n) is 5.09. The molecule has 128 valence electrons. The standard InChI is InChI=1S/C12H9N3O2.C6H5N3/c16-15(17)12-9-5-4-8-11(12)14-13-10-6-2-1-3-7-10;1-2-4-6-5(3-1)7-9-8-6/h1-9H;1-4H,(H,7,8,9). The van der Waals surface area contributed by atoms with E-state index >= 15 is 0 Å². The molecule has 1 N–H and O–H groups in total. The van der Waals surface area contributed by atoms with Gasteiger partial charge in [-0.25, -0.2) is 0 Å². The average molecular weight is 346 g/mol. The topological polar surface area (TPSA) is 109 Å². The number of aromatic amines is 1. The predicted molar refractivity (Wildman–Crippen MR) is 97.6 cm³/mol. The monoisotopic (exact) mass is 346 g/mol. The summed E-state index contributed by atoms with van der Waals surface area (Å²) >= 11 is 0. The van der Waals surface area contributed by atoms with Gasteiger partial charge in [0.25, 0.3) is 5.69 Å². The number of aromatic nitrogens is 3. The van der Waals surface area contributed by atoms with Crippen LogP contribution in [0.5, 0.6) is 0 Å². The van der Waals surface area contributed by atoms with E-state index in [1.807, 2.05) is 42.5 Å². The Morgan fingerprint density at radius 1 is 0.769 bits per heavy atom. The first-order chi connectivity index (χ1) is 12.7. The van der Waals surface area contributed by atoms with Crippen molar-refractivity contribution in [3.8, 4) is 0 Å². The maximum Gasteiger partial charge on any atom is 0.296 e. The van der Waals surface area contributed by atoms with Crippen molar-refractivity contribution in [1.29, 1.82) is 0 Å². The van der Waals surface area contributed by atoms with Gasteiger partial charge in [-0.05, 0) is 30.3 Å². The van der Waals surface area contributed by atoms with Gasteiger partial charge in [-0.1, -0.05) is 42.5 Å². The number of rotatable bonds is 3. The number of nitrogens with zero attached hydrogens (tertiary/aromatic N) is 5. The van der Waals surface area contributed by atoms with E-state index in [9.17, 15) is 10.1 Å². The van der Waals surface area contributed by atoms with Crippen molar-refractivity contribution in [3.05, 3.63) is 89.0 Å². The van der Waals surface area contributed by atoms with Crippen LogP contribution in [-0.4, -0.2) is 20.3 Å². The first kappa shape index (κ1) is 16.9. The van der Waals surface area contributed by atoms with Gasteiger partial charge in [-0.3, -0.25) is 10.1 Å². The van der Waals surface area contributed by atoms with Gasteiger partial charge >= 0.3 is 0 Å². The third-order valence-corrected chi connectivity index (χ3v) is 3.33. The lowest BCUT2D eigenvalue weighted by atomic mass is 10.3. The van der Waals surface area contributed by atoms with Crippen molar-refractivity contribution in [2.45, 2.75) is 0 Å². The Hall–Kier alpha value is -3.94. The number of fused-ring (bicyclic) bond motifs is 1. The van der Waals surface area contributed by atoms with Crippen LogP contribution < -0.4 is 0 Å². The van der Waals surface area contributed by atoms with E-state index in [1.54, 1.807) is 30.3 Å². The summed E-state index contributed by atoms with van der Waals surface area (Å²) in [6, 6.07) is 23.0. The van der Waals surface area contributed by atoms with E-state index < -0.39 is 4.92 Å². The van der Waals surface area contributed by atoms with E-state index in [2.05, 4.69) is 25.6 Å². The molecule has 4 rings (SSSR count). The fourth-order valence-corrected chi connectivity index (χ4v) is 2.10. The van der Waals surface area contributed by atoms with Gasteiger partial charge in [0.1, 0.15) is 11.0 Å². The molecule has 8 nitrogen and oxygen atoms in total. The summed E-state index contributed by atoms with van der Waals surface area (Å²) in [5.41, 5.74) is 2.69. The third kappa shape index (κ3) is 4.32. The largest absolute Gasteiger partial charge is 0.296 e. The summed E-state index contributed by atoms with van der Waals surface area (Å²) in [7, 11) is 0. The summed E-state index contributed by atoms with van der Waals surface area (Å²) in [4.78, 5) is 10.3. The molecule has 26 heavy (non-hydrogen) atoms. The zero-order valence-corrected chi connectivity index (χ0v) is 13.6. The minimum absolute atomic E-state index is 0.0489. The van der Waals surface area contributed by atoms with Gasteiger partial charge in [-0.2, -0.15) is 20.5 Å². The Morgan fingerprint density at radius 2 is 1.35 bits per heavy atom. The molecule has 1 aromatic heterocycles. The minimum Gasteiger partial charge on any atom is -0.258 e. The number of hydrogen-bond donors (Lipinski definition) is 1. The van der Waals surface area contributed by atoms with Crippen LogP contribution in [0, 0.1) is 10.1 Å². The quantitative estimate of drug-likeness (QED) is 0.321. The van der Waals surface area contributed by atoms with Gasteiger partial charge < -0.3 is 0 Å². The molecule has 8 heteroatoms. The van der Waals surface area contributed by atoms with Gasteiger partial charge in [0.05, 0.1) is 10.6 Å². The highest BCUT2D eigenvalue weighted by Crippen LogP contribution is 2.27. The molecule has 0 radical (unpaired) electrons. The molecule has 0 unspecified atom stereocenters. The van der Waals surface area contributed by atoms with Crippen molar-refractivity contribution in [1.82, 2.24) is 15.4 Å². The lowest BCUT2D eigenvalue weighted by Gasteiger charge is -1.95. The van der Waals surface area contributed by atoms with Crippen LogP contribution in [0.15, 0.2) is 89.1 Å². The second-order valence-corrected chi connectivity index (χ2v) is 5.09. The number of nitro benzene ring substituents is 1. The number of nitro groups is 1. The Labute approximate surface area is 148 Å². The van der Waals surface area contributed by atoms with Crippen LogP contribution in [0.25, 0.3) is 11.0 Å². The molecular weight excluding hydrogens is 332 g/mol. The molecule has 0 aliphatic heterocycles. The van der Waals surface area contributed by atoms with Gasteiger partial charge in [0.15, 0.2) is 5.69 Å². The number of hydrogen-bond acceptors (Lipinski definition) is 6. The maximum absolute atomic E-state index is 10.7. The van der Waals surface area contributed by atoms with Gasteiger partial charge in [0.2, 0.25) is 0 Å². The van der Waals surface area contributed by atoms with E-state index in [0.29, 0.717) is 5.69 Å². The van der Waals surface area contributed by atoms with E-state index in [-0.39, 0.29) is 11.4 Å². The number of azo groups is 1. The van der Waals surface area contributed by atoms with E-state index in [4.69, 9.17) is 0 Å². The molecule has 0 aliphatic carbocycles. The SMILES string of the molecule is O=[N+]([O-])c1ccccc1N=Nc1ccccc1.c1ccc2n[nH]nc2c1. The van der Waals surface area contributed by atoms with Crippen molar-refractivity contribution in [2.24, 2.45) is 10.2 Å². The molecule has 0 bridgehead atoms. The van der Waals surface area contributed by atoms with Gasteiger partial charge in [-0.15, -0.1) is 5.11 Å². The van der Waals surface area contributed by atoms with Crippen molar-refractivity contribution in [3.63, 3.8) is 0 Å². The van der Waals surface area contributed by atoms with Crippen LogP contribution >= 0.6 is 0 Å². The predicted octanol–water partition coefficient (Wildman–Crippen LogP) is 4.97. The molecule has 0 saturated heterocycles. The zero-order chi connectivity index (χ0) is 18.2. The Morgan fingerprint density at radius 3 is 2.00 bits per heavy atom. The molecule has 4 aromatic rings. The Balaban J connectivity index is 0.000000181. The molecule has 1 heterocycles. The summed E-state index contributed by atoms with van der Waals surface area (Å²) in [5.74, 6) is 0. The number of benzene rings is 3. The maximum atomic E-state index is 10.7. The van der Waals surface area contributed by atoms with Crippen LogP contribution in [0.3, 0.4) is 0 Å². The summed E-state index contributed by atoms with van der Waals surface area (Å²) in [6.07, 6.45) is 0. The summed E-state index contributed by atoms with van der Waals surface area (Å²) in [5, 5.41) is 28.9. The van der Waals surface area contributed by atoms with Crippen LogP contribution in [0.1, 0.15) is 0 Å². The van der Waals surface area contributed by atoms with Crippen LogP contribution in [-0.2, 0) is 0 Å². The van der Waals surface area contributed by atoms with E-state index in [0.717, 1.165) is 11.0 Å². The fourth-order valence-electron chi connectivity index (χ4n) is 2.10. The zero-order valence-electron chi connectivity index (χ0n) is 13.6. The molecule has 0 aliphatic rings. The van der Waals surface area contributed by atoms with Crippen molar-refractivity contribution >= 4 is 28.1 Å². The summed E-state index contributed by atoms with van der Waals surface area (Å²) < 4.78 is 0. The lowest BCUT2D eigenvalue weighted by molar-refractivity contribution is -0.384. The fraction of sp³-hybridized carbons (Fsp3) is 0. The lowest BCUT2D eigenvalue weighted by Crippen LogP contribution is -1.86. The van der Waals surface area contributed by atoms with Crippen LogP contribution in [0.2, 0.25) is 0 Å². The smallest absolute Gasteiger partial charge is 0.258 e. The normalized spacial score (nSPS) is 10.5. The highest BCUT2D eigenvalue weighted by molar-refractivity contribution is 5.72. The second kappa shape index (κ2) is 8.25. The molecule has 0 fully saturated rings. The molecule has 3 aromatic carbocycles. The Bertz CT molecular complexity index is 1000. The number of nitrogens with one attached hydrogen (secondary N) is 1. The van der Waals surface area contributed by atoms with Crippen LogP contribution in [0.4, 0.5) is 17.1 Å². The van der Waals surface area contributed by atoms with Gasteiger partial charge in [0, 0.05) is 6.07 Å². The molecular formula is C18H14N6O2. The molecule has 0 atom stereocenters. The first-order valence-electron chi connectivity index (χ1n) is 7.70. The number of para-hydroxylation sites is 3. The third-order valence-electron chi connectivity index (χ3n) is 3.33. The van der Waals surface area contributed by atoms with E-state index in [1.165, 1.54) is 6.07 Å². The van der Waals surface area contributed by atoms with Crippen molar-refractivity contribution < 1.29 is 4.92 Å². The first-order valence-corrected chi connectivity index (χ1v) is 7.70. The number of H-pyrrole nitrogens is 1. The minimum atomic E-state index is -0.473. The highest BCUT2D eigenvalue weighted by atomic mass is 16.6. The van der Waals surface area contributed by atoms with Crippen molar-refractivity contribution in [2.75, 3.05) is 0 Å². The average Bonchev–Trinajstić information content (AvgIpc) is 3.17. The summed E-state index contributed by atoms with van der Waals surface area (Å²) in [6.45, 7) is 0. The Kier molecular flexibility index (Phi) is 5.36. The molecule has 0 amide bonds. The highest BCUT2D eigenvalue weighted by Gasteiger charge is 2.11. The molecule has 0 saturated carbocycles.